The summed E-state index contributed by atoms with van der Waals surface area (Å²) in [7, 11) is 1.55. The molecule has 0 bridgehead atoms. The van der Waals surface area contributed by atoms with Crippen LogP contribution in [0.3, 0.4) is 0 Å². The minimum Gasteiger partial charge on any atom is -0.394 e. The molecule has 3 rings (SSSR count). The van der Waals surface area contributed by atoms with Crippen LogP contribution in [0.1, 0.15) is 16.9 Å². The maximum absolute atomic E-state index is 14.0. The Hall–Kier alpha value is -2.58. The van der Waals surface area contributed by atoms with Gasteiger partial charge < -0.3 is 14.7 Å². The molecule has 7 nitrogen and oxygen atoms in total. The molecule has 2 aromatic rings. The van der Waals surface area contributed by atoms with Crippen molar-refractivity contribution in [3.8, 4) is 5.69 Å². The van der Waals surface area contributed by atoms with Gasteiger partial charge in [0, 0.05) is 19.7 Å². The van der Waals surface area contributed by atoms with Gasteiger partial charge in [0.25, 0.3) is 11.5 Å². The summed E-state index contributed by atoms with van der Waals surface area (Å²) in [6.07, 6.45) is 0.352. The van der Waals surface area contributed by atoms with E-state index in [-0.39, 0.29) is 30.1 Å². The number of carbonyl (C=O) groups excluding carboxylic acids is 1. The standard InChI is InChI=1S/C17H18FN3O4/c1-25-12-8-11(10-22)20(9-12)17(24)14-6-7-16(23)21(19-14)15-5-3-2-4-13(15)18/h2-7,11-12,22H,8-10H2,1H3/t11-,12-/m0/s1. The van der Waals surface area contributed by atoms with E-state index < -0.39 is 17.3 Å². The third kappa shape index (κ3) is 3.31. The van der Waals surface area contributed by atoms with Gasteiger partial charge in [-0.25, -0.2) is 4.39 Å². The highest BCUT2D eigenvalue weighted by Gasteiger charge is 2.36. The van der Waals surface area contributed by atoms with Crippen LogP contribution < -0.4 is 5.56 Å². The maximum atomic E-state index is 14.0. The number of para-hydroxylation sites is 1. The number of aromatic nitrogens is 2. The smallest absolute Gasteiger partial charge is 0.274 e. The van der Waals surface area contributed by atoms with Gasteiger partial charge in [0.15, 0.2) is 0 Å². The number of hydrogen-bond donors (Lipinski definition) is 1. The molecule has 1 aliphatic rings. The van der Waals surface area contributed by atoms with Crippen molar-refractivity contribution in [3.05, 3.63) is 58.3 Å². The fraction of sp³-hybridized carbons (Fsp3) is 0.353. The fourth-order valence-corrected chi connectivity index (χ4v) is 2.93. The number of hydrogen-bond acceptors (Lipinski definition) is 5. The molecule has 1 fully saturated rings. The molecular weight excluding hydrogens is 329 g/mol. The molecule has 1 saturated heterocycles. The summed E-state index contributed by atoms with van der Waals surface area (Å²) in [5.74, 6) is -1.06. The zero-order chi connectivity index (χ0) is 18.0. The highest BCUT2D eigenvalue weighted by atomic mass is 19.1. The van der Waals surface area contributed by atoms with Gasteiger partial charge in [-0.1, -0.05) is 12.1 Å². The maximum Gasteiger partial charge on any atom is 0.274 e. The van der Waals surface area contributed by atoms with Gasteiger partial charge in [-0.15, -0.1) is 0 Å². The van der Waals surface area contributed by atoms with Crippen LogP contribution in [0.5, 0.6) is 0 Å². The number of ether oxygens (including phenoxy) is 1. The lowest BCUT2D eigenvalue weighted by atomic mass is 10.2. The van der Waals surface area contributed by atoms with E-state index in [9.17, 15) is 19.1 Å². The van der Waals surface area contributed by atoms with Gasteiger partial charge in [0.05, 0.1) is 18.8 Å². The molecule has 0 unspecified atom stereocenters. The van der Waals surface area contributed by atoms with Crippen LogP contribution in [0.25, 0.3) is 5.69 Å². The van der Waals surface area contributed by atoms with Gasteiger partial charge in [-0.2, -0.15) is 9.78 Å². The number of amides is 1. The molecule has 1 N–H and O–H groups in total. The Morgan fingerprint density at radius 1 is 1.36 bits per heavy atom. The van der Waals surface area contributed by atoms with Gasteiger partial charge in [0.1, 0.15) is 17.2 Å². The quantitative estimate of drug-likeness (QED) is 0.875. The van der Waals surface area contributed by atoms with Crippen molar-refractivity contribution in [1.82, 2.24) is 14.7 Å². The van der Waals surface area contributed by atoms with Crippen LogP contribution in [0.4, 0.5) is 4.39 Å². The molecule has 25 heavy (non-hydrogen) atoms. The lowest BCUT2D eigenvalue weighted by Gasteiger charge is -2.22. The number of nitrogens with zero attached hydrogens (tertiary/aromatic N) is 3. The Kier molecular flexibility index (Phi) is 4.91. The number of aliphatic hydroxyl groups excluding tert-OH is 1. The molecule has 0 spiro atoms. The van der Waals surface area contributed by atoms with E-state index in [4.69, 9.17) is 4.74 Å². The first-order valence-corrected chi connectivity index (χ1v) is 7.85. The third-order valence-corrected chi connectivity index (χ3v) is 4.28. The van der Waals surface area contributed by atoms with Crippen molar-refractivity contribution in [2.75, 3.05) is 20.3 Å². The molecule has 2 atom stereocenters. The SMILES string of the molecule is CO[C@H]1C[C@@H](CO)N(C(=O)c2ccc(=O)n(-c3ccccc3F)n2)C1. The van der Waals surface area contributed by atoms with E-state index in [1.807, 2.05) is 0 Å². The van der Waals surface area contributed by atoms with Crippen LogP contribution in [0.2, 0.25) is 0 Å². The second-order valence-corrected chi connectivity index (χ2v) is 5.81. The van der Waals surface area contributed by atoms with Crippen molar-refractivity contribution in [2.45, 2.75) is 18.6 Å². The highest BCUT2D eigenvalue weighted by Crippen LogP contribution is 2.21. The number of methoxy groups -OCH3 is 1. The Labute approximate surface area is 143 Å². The predicted molar refractivity (Wildman–Crippen MR) is 87.1 cm³/mol. The normalized spacial score (nSPS) is 20.0. The molecular formula is C17H18FN3O4. The van der Waals surface area contributed by atoms with Crippen LogP contribution in [-0.4, -0.2) is 58.1 Å². The summed E-state index contributed by atoms with van der Waals surface area (Å²) in [6, 6.07) is 7.79. The average Bonchev–Trinajstić information content (AvgIpc) is 3.06. The Bertz CT molecular complexity index is 839. The molecule has 2 heterocycles. The second kappa shape index (κ2) is 7.12. The van der Waals surface area contributed by atoms with Crippen LogP contribution in [0, 0.1) is 5.82 Å². The highest BCUT2D eigenvalue weighted by molar-refractivity contribution is 5.92. The number of aliphatic hydroxyl groups is 1. The second-order valence-electron chi connectivity index (χ2n) is 5.81. The number of halogens is 1. The van der Waals surface area contributed by atoms with E-state index in [1.165, 1.54) is 35.2 Å². The minimum absolute atomic E-state index is 0.00180. The average molecular weight is 347 g/mol. The van der Waals surface area contributed by atoms with Crippen molar-refractivity contribution < 1.29 is 19.0 Å². The van der Waals surface area contributed by atoms with Crippen molar-refractivity contribution >= 4 is 5.91 Å². The molecule has 0 radical (unpaired) electrons. The molecule has 0 saturated carbocycles. The number of likely N-dealkylation sites (tertiary alicyclic amines) is 1. The van der Waals surface area contributed by atoms with E-state index in [0.717, 1.165) is 4.68 Å². The summed E-state index contributed by atoms with van der Waals surface area (Å²) < 4.78 is 20.1. The van der Waals surface area contributed by atoms with E-state index in [2.05, 4.69) is 5.10 Å². The Morgan fingerprint density at radius 2 is 2.12 bits per heavy atom. The van der Waals surface area contributed by atoms with Gasteiger partial charge >= 0.3 is 0 Å². The van der Waals surface area contributed by atoms with E-state index in [0.29, 0.717) is 13.0 Å². The monoisotopic (exact) mass is 347 g/mol. The van der Waals surface area contributed by atoms with Crippen LogP contribution in [-0.2, 0) is 4.74 Å². The van der Waals surface area contributed by atoms with Crippen molar-refractivity contribution in [3.63, 3.8) is 0 Å². The predicted octanol–water partition coefficient (Wildman–Crippen LogP) is 0.593. The first-order chi connectivity index (χ1) is 12.0. The summed E-state index contributed by atoms with van der Waals surface area (Å²) in [4.78, 5) is 26.2. The van der Waals surface area contributed by atoms with E-state index >= 15 is 0 Å². The summed E-state index contributed by atoms with van der Waals surface area (Å²) in [6.45, 7) is 0.125. The lowest BCUT2D eigenvalue weighted by molar-refractivity contribution is 0.0640. The lowest BCUT2D eigenvalue weighted by Crippen LogP contribution is -2.39. The molecule has 1 aliphatic heterocycles. The number of carbonyl (C=O) groups is 1. The zero-order valence-corrected chi connectivity index (χ0v) is 13.6. The molecule has 0 aliphatic carbocycles. The first-order valence-electron chi connectivity index (χ1n) is 7.85. The minimum atomic E-state index is -0.615. The summed E-state index contributed by atoms with van der Waals surface area (Å²) >= 11 is 0. The van der Waals surface area contributed by atoms with Crippen molar-refractivity contribution in [2.24, 2.45) is 0 Å². The van der Waals surface area contributed by atoms with E-state index in [1.54, 1.807) is 13.2 Å². The fourth-order valence-electron chi connectivity index (χ4n) is 2.93. The van der Waals surface area contributed by atoms with Gasteiger partial charge in [-0.05, 0) is 24.6 Å². The van der Waals surface area contributed by atoms with Crippen LogP contribution in [0.15, 0.2) is 41.2 Å². The zero-order valence-electron chi connectivity index (χ0n) is 13.6. The summed E-state index contributed by atoms with van der Waals surface area (Å²) in [5, 5.41) is 13.5. The largest absolute Gasteiger partial charge is 0.394 e. The molecule has 1 aromatic heterocycles. The topological polar surface area (TPSA) is 84.7 Å². The molecule has 1 amide bonds. The van der Waals surface area contributed by atoms with Crippen LogP contribution >= 0.6 is 0 Å². The molecule has 1 aromatic carbocycles. The number of benzene rings is 1. The third-order valence-electron chi connectivity index (χ3n) is 4.28. The van der Waals surface area contributed by atoms with Gasteiger partial charge in [-0.3, -0.25) is 9.59 Å². The Morgan fingerprint density at radius 3 is 2.80 bits per heavy atom. The molecule has 8 heteroatoms. The molecule has 132 valence electrons. The van der Waals surface area contributed by atoms with Crippen molar-refractivity contribution in [1.29, 1.82) is 0 Å². The Balaban J connectivity index is 1.96. The number of rotatable bonds is 4. The van der Waals surface area contributed by atoms with Gasteiger partial charge in [0.2, 0.25) is 0 Å². The first kappa shape index (κ1) is 17.2. The summed E-state index contributed by atoms with van der Waals surface area (Å²) in [5.41, 5.74) is -0.577.